The van der Waals surface area contributed by atoms with Crippen LogP contribution in [-0.2, 0) is 0 Å². The highest BCUT2D eigenvalue weighted by atomic mass is 19.1. The summed E-state index contributed by atoms with van der Waals surface area (Å²) in [5.41, 5.74) is 2.33. The van der Waals surface area contributed by atoms with Gasteiger partial charge in [0.15, 0.2) is 5.65 Å². The van der Waals surface area contributed by atoms with E-state index in [0.29, 0.717) is 11.3 Å². The molecule has 0 N–H and O–H groups in total. The summed E-state index contributed by atoms with van der Waals surface area (Å²) in [5.74, 6) is -1.67. The van der Waals surface area contributed by atoms with E-state index in [1.54, 1.807) is 25.1 Å². The third-order valence-electron chi connectivity index (χ3n) is 2.95. The predicted molar refractivity (Wildman–Crippen MR) is 67.4 cm³/mol. The zero-order chi connectivity index (χ0) is 14.3. The topological polar surface area (TPSA) is 70.3 Å². The smallest absolute Gasteiger partial charge is 0.156 e. The molecule has 0 aliphatic heterocycles. The summed E-state index contributed by atoms with van der Waals surface area (Å²) in [6, 6.07) is 9.02. The van der Waals surface area contributed by atoms with Crippen LogP contribution in [0.15, 0.2) is 36.4 Å². The van der Waals surface area contributed by atoms with E-state index in [4.69, 9.17) is 0 Å². The van der Waals surface area contributed by atoms with Crippen LogP contribution >= 0.6 is 0 Å². The van der Waals surface area contributed by atoms with Crippen molar-refractivity contribution in [2.24, 2.45) is 0 Å². The van der Waals surface area contributed by atoms with Gasteiger partial charge in [-0.1, -0.05) is 0 Å². The van der Waals surface area contributed by atoms with E-state index in [1.165, 1.54) is 22.7 Å². The number of hydrogen-bond acceptors (Lipinski definition) is 4. The maximum Gasteiger partial charge on any atom is 0.156 e. The molecule has 3 rings (SSSR count). The van der Waals surface area contributed by atoms with Crippen molar-refractivity contribution in [1.29, 1.82) is 0 Å². The van der Waals surface area contributed by atoms with Gasteiger partial charge in [-0.3, -0.25) is 0 Å². The second kappa shape index (κ2) is 4.41. The first-order valence-electron chi connectivity index (χ1n) is 5.89. The number of fused-ring (bicyclic) bond motifs is 1. The highest BCUT2D eigenvalue weighted by molar-refractivity contribution is 5.85. The average molecular weight is 270 g/mol. The van der Waals surface area contributed by atoms with Crippen LogP contribution < -0.4 is 5.11 Å². The summed E-state index contributed by atoms with van der Waals surface area (Å²) in [7, 11) is 0. The number of benzene rings is 1. The zero-order valence-corrected chi connectivity index (χ0v) is 10.5. The van der Waals surface area contributed by atoms with Crippen molar-refractivity contribution in [2.45, 2.75) is 6.92 Å². The molecule has 0 saturated carbocycles. The Labute approximate surface area is 113 Å². The van der Waals surface area contributed by atoms with Crippen molar-refractivity contribution in [3.8, 4) is 11.3 Å². The monoisotopic (exact) mass is 270 g/mol. The van der Waals surface area contributed by atoms with Gasteiger partial charge in [0.1, 0.15) is 11.5 Å². The number of aromatic nitrogens is 3. The summed E-state index contributed by atoms with van der Waals surface area (Å²) in [6.07, 6.45) is 0. The third kappa shape index (κ3) is 2.01. The minimum absolute atomic E-state index is 0.170. The van der Waals surface area contributed by atoms with Crippen LogP contribution in [0, 0.1) is 12.7 Å². The molecule has 1 aromatic carbocycles. The molecule has 0 fully saturated rings. The van der Waals surface area contributed by atoms with E-state index < -0.39 is 5.97 Å². The van der Waals surface area contributed by atoms with Crippen LogP contribution in [0.4, 0.5) is 4.39 Å². The standard InChI is InChI=1S/C14H10FN3O2/c1-8-6-11(9-2-4-10(15)5-3-9)16-13-7-12(14(19)20)17-18(8)13/h2-7H,1H3,(H,19,20)/p-1. The second-order valence-electron chi connectivity index (χ2n) is 4.38. The van der Waals surface area contributed by atoms with Crippen LogP contribution in [0.5, 0.6) is 0 Å². The lowest BCUT2D eigenvalue weighted by molar-refractivity contribution is -0.255. The predicted octanol–water partition coefficient (Wildman–Crippen LogP) is 1.21. The zero-order valence-electron chi connectivity index (χ0n) is 10.5. The summed E-state index contributed by atoms with van der Waals surface area (Å²) < 4.78 is 14.3. The van der Waals surface area contributed by atoms with Gasteiger partial charge >= 0.3 is 0 Å². The number of halogens is 1. The van der Waals surface area contributed by atoms with Gasteiger partial charge in [0, 0.05) is 17.3 Å². The highest BCUT2D eigenvalue weighted by Gasteiger charge is 2.09. The molecule has 2 heterocycles. The Morgan fingerprint density at radius 1 is 1.25 bits per heavy atom. The first-order chi connectivity index (χ1) is 9.54. The summed E-state index contributed by atoms with van der Waals surface area (Å²) in [5, 5.41) is 14.7. The fraction of sp³-hybridized carbons (Fsp3) is 0.0714. The molecule has 0 atom stereocenters. The molecule has 6 heteroatoms. The number of nitrogens with zero attached hydrogens (tertiary/aromatic N) is 3. The Balaban J connectivity index is 2.18. The van der Waals surface area contributed by atoms with Gasteiger partial charge in [-0.2, -0.15) is 5.10 Å². The fourth-order valence-electron chi connectivity index (χ4n) is 1.99. The molecule has 2 aromatic heterocycles. The quantitative estimate of drug-likeness (QED) is 0.701. The number of rotatable bonds is 2. The molecule has 0 amide bonds. The molecule has 0 aliphatic rings. The van der Waals surface area contributed by atoms with Gasteiger partial charge in [-0.25, -0.2) is 13.9 Å². The van der Waals surface area contributed by atoms with Gasteiger partial charge in [0.25, 0.3) is 0 Å². The number of hydrogen-bond donors (Lipinski definition) is 0. The fourth-order valence-corrected chi connectivity index (χ4v) is 1.99. The van der Waals surface area contributed by atoms with Gasteiger partial charge in [-0.05, 0) is 37.3 Å². The second-order valence-corrected chi connectivity index (χ2v) is 4.38. The first kappa shape index (κ1) is 12.3. The summed E-state index contributed by atoms with van der Waals surface area (Å²) >= 11 is 0. The molecule has 0 saturated heterocycles. The first-order valence-corrected chi connectivity index (χ1v) is 5.89. The highest BCUT2D eigenvalue weighted by Crippen LogP contribution is 2.20. The molecule has 0 aliphatic carbocycles. The minimum Gasteiger partial charge on any atom is -0.543 e. The molecule has 0 radical (unpaired) electrons. The van der Waals surface area contributed by atoms with Crippen molar-refractivity contribution in [3.63, 3.8) is 0 Å². The van der Waals surface area contributed by atoms with Crippen LogP contribution in [0.25, 0.3) is 16.9 Å². The maximum absolute atomic E-state index is 12.9. The van der Waals surface area contributed by atoms with Crippen molar-refractivity contribution >= 4 is 11.6 Å². The Bertz CT molecular complexity index is 809. The molecule has 0 bridgehead atoms. The van der Waals surface area contributed by atoms with Gasteiger partial charge < -0.3 is 9.90 Å². The Morgan fingerprint density at radius 3 is 2.60 bits per heavy atom. The molecule has 5 nitrogen and oxygen atoms in total. The SMILES string of the molecule is Cc1cc(-c2ccc(F)cc2)nc2cc(C(=O)[O-])nn12. The van der Waals surface area contributed by atoms with E-state index in [1.807, 2.05) is 0 Å². The lowest BCUT2D eigenvalue weighted by Gasteiger charge is -2.04. The molecule has 20 heavy (non-hydrogen) atoms. The van der Waals surface area contributed by atoms with Gasteiger partial charge in [-0.15, -0.1) is 0 Å². The van der Waals surface area contributed by atoms with Crippen LogP contribution in [0.2, 0.25) is 0 Å². The van der Waals surface area contributed by atoms with E-state index in [2.05, 4.69) is 10.1 Å². The largest absolute Gasteiger partial charge is 0.543 e. The third-order valence-corrected chi connectivity index (χ3v) is 2.95. The number of carbonyl (C=O) groups is 1. The van der Waals surface area contributed by atoms with E-state index in [9.17, 15) is 14.3 Å². The molecular formula is C14H9FN3O2-. The molecule has 100 valence electrons. The molecule has 0 unspecified atom stereocenters. The number of carbonyl (C=O) groups excluding carboxylic acids is 1. The number of aryl methyl sites for hydroxylation is 1. The Hall–Kier alpha value is -2.76. The molecule has 3 aromatic rings. The van der Waals surface area contributed by atoms with Crippen molar-refractivity contribution in [1.82, 2.24) is 14.6 Å². The lowest BCUT2D eigenvalue weighted by Crippen LogP contribution is -2.22. The Kier molecular flexibility index (Phi) is 2.71. The van der Waals surface area contributed by atoms with Gasteiger partial charge in [0.05, 0.1) is 11.7 Å². The summed E-state index contributed by atoms with van der Waals surface area (Å²) in [4.78, 5) is 15.1. The van der Waals surface area contributed by atoms with E-state index >= 15 is 0 Å². The maximum atomic E-state index is 12.9. The minimum atomic E-state index is -1.35. The Morgan fingerprint density at radius 2 is 1.95 bits per heavy atom. The van der Waals surface area contributed by atoms with Crippen molar-refractivity contribution in [2.75, 3.05) is 0 Å². The molecule has 0 spiro atoms. The van der Waals surface area contributed by atoms with E-state index in [-0.39, 0.29) is 11.5 Å². The number of aromatic carboxylic acids is 1. The lowest BCUT2D eigenvalue weighted by atomic mass is 10.1. The summed E-state index contributed by atoms with van der Waals surface area (Å²) in [6.45, 7) is 1.79. The normalized spacial score (nSPS) is 10.9. The van der Waals surface area contributed by atoms with E-state index in [0.717, 1.165) is 11.3 Å². The van der Waals surface area contributed by atoms with Crippen LogP contribution in [-0.4, -0.2) is 20.6 Å². The van der Waals surface area contributed by atoms with Crippen molar-refractivity contribution < 1.29 is 14.3 Å². The number of carboxylic acids is 1. The molecular weight excluding hydrogens is 261 g/mol. The average Bonchev–Trinajstić information content (AvgIpc) is 2.84. The van der Waals surface area contributed by atoms with Crippen molar-refractivity contribution in [3.05, 3.63) is 53.6 Å². The van der Waals surface area contributed by atoms with Crippen LogP contribution in [0.3, 0.4) is 0 Å². The van der Waals surface area contributed by atoms with Gasteiger partial charge in [0.2, 0.25) is 0 Å². The number of carboxylic acid groups (broad SMARTS) is 1. The van der Waals surface area contributed by atoms with Crippen LogP contribution in [0.1, 0.15) is 16.2 Å².